The van der Waals surface area contributed by atoms with Crippen LogP contribution in [0.15, 0.2) is 40.9 Å². The Hall–Kier alpha value is -1.72. The molecule has 0 radical (unpaired) electrons. The zero-order chi connectivity index (χ0) is 17.7. The van der Waals surface area contributed by atoms with Crippen molar-refractivity contribution in [1.29, 1.82) is 0 Å². The number of methoxy groups -OCH3 is 2. The van der Waals surface area contributed by atoms with Crippen molar-refractivity contribution >= 4 is 39.1 Å². The second-order valence-electron chi connectivity index (χ2n) is 5.20. The minimum Gasteiger partial charge on any atom is -0.493 e. The first kappa shape index (κ1) is 18.6. The molecule has 2 aromatic rings. The minimum absolute atomic E-state index is 0.0240. The van der Waals surface area contributed by atoms with Gasteiger partial charge in [0.15, 0.2) is 11.5 Å². The minimum atomic E-state index is -0.0240. The highest BCUT2D eigenvalue weighted by atomic mass is 79.9. The Kier molecular flexibility index (Phi) is 6.52. The smallest absolute Gasteiger partial charge is 0.227 e. The number of benzene rings is 2. The second kappa shape index (κ2) is 8.40. The summed E-state index contributed by atoms with van der Waals surface area (Å²) in [6.07, 6.45) is 0.893. The first-order valence-corrected chi connectivity index (χ1v) is 8.56. The number of halogens is 2. The predicted octanol–water partition coefficient (Wildman–Crippen LogP) is 4.72. The topological polar surface area (TPSA) is 38.8 Å². The number of aryl methyl sites for hydroxylation is 1. The van der Waals surface area contributed by atoms with Crippen molar-refractivity contribution in [3.63, 3.8) is 0 Å². The average molecular weight is 413 g/mol. The fraction of sp³-hybridized carbons (Fsp3) is 0.278. The Morgan fingerprint density at radius 3 is 2.58 bits per heavy atom. The first-order chi connectivity index (χ1) is 11.5. The van der Waals surface area contributed by atoms with E-state index in [1.807, 2.05) is 30.3 Å². The summed E-state index contributed by atoms with van der Waals surface area (Å²) in [7, 11) is 4.91. The van der Waals surface area contributed by atoms with Gasteiger partial charge in [-0.15, -0.1) is 0 Å². The molecule has 0 fully saturated rings. The van der Waals surface area contributed by atoms with Crippen LogP contribution in [0, 0.1) is 0 Å². The Balaban J connectivity index is 2.10. The van der Waals surface area contributed by atoms with Gasteiger partial charge in [-0.1, -0.05) is 39.7 Å². The number of hydrogen-bond donors (Lipinski definition) is 0. The molecular formula is C18H19BrClNO3. The fourth-order valence-corrected chi connectivity index (χ4v) is 3.25. The number of hydrogen-bond acceptors (Lipinski definition) is 3. The van der Waals surface area contributed by atoms with Crippen molar-refractivity contribution in [3.05, 3.63) is 51.5 Å². The molecule has 0 aliphatic heterocycles. The van der Waals surface area contributed by atoms with Crippen LogP contribution >= 0.6 is 27.5 Å². The average Bonchev–Trinajstić information content (AvgIpc) is 2.58. The van der Waals surface area contributed by atoms with E-state index >= 15 is 0 Å². The fourth-order valence-electron chi connectivity index (χ4n) is 2.45. The maximum Gasteiger partial charge on any atom is 0.227 e. The molecule has 0 N–H and O–H groups in total. The van der Waals surface area contributed by atoms with Gasteiger partial charge in [-0.05, 0) is 36.2 Å². The Labute approximate surface area is 155 Å². The molecule has 0 aliphatic carbocycles. The molecule has 2 rings (SSSR count). The Morgan fingerprint density at radius 1 is 1.21 bits per heavy atom. The lowest BCUT2D eigenvalue weighted by atomic mass is 10.1. The number of rotatable bonds is 6. The summed E-state index contributed by atoms with van der Waals surface area (Å²) in [5, 5.41) is 0.527. The van der Waals surface area contributed by atoms with E-state index < -0.39 is 0 Å². The first-order valence-electron chi connectivity index (χ1n) is 7.39. The highest BCUT2D eigenvalue weighted by Gasteiger charge is 2.16. The largest absolute Gasteiger partial charge is 0.493 e. The number of carbonyl (C=O) groups excluding carboxylic acids is 1. The molecule has 0 saturated carbocycles. The van der Waals surface area contributed by atoms with Gasteiger partial charge in [0.05, 0.1) is 24.9 Å². The summed E-state index contributed by atoms with van der Waals surface area (Å²) in [5.41, 5.74) is 1.61. The van der Waals surface area contributed by atoms with E-state index in [9.17, 15) is 4.79 Å². The molecule has 128 valence electrons. The van der Waals surface area contributed by atoms with Gasteiger partial charge in [-0.25, -0.2) is 0 Å². The number of nitrogens with zero attached hydrogens (tertiary/aromatic N) is 1. The summed E-state index contributed by atoms with van der Waals surface area (Å²) < 4.78 is 11.6. The third-order valence-electron chi connectivity index (χ3n) is 3.74. The van der Waals surface area contributed by atoms with E-state index in [0.717, 1.165) is 10.0 Å². The molecule has 0 unspecified atom stereocenters. The zero-order valence-electron chi connectivity index (χ0n) is 13.8. The van der Waals surface area contributed by atoms with Gasteiger partial charge in [0.25, 0.3) is 0 Å². The van der Waals surface area contributed by atoms with Crippen molar-refractivity contribution in [1.82, 2.24) is 0 Å². The van der Waals surface area contributed by atoms with E-state index in [-0.39, 0.29) is 5.91 Å². The van der Waals surface area contributed by atoms with Gasteiger partial charge in [-0.3, -0.25) is 4.79 Å². The van der Waals surface area contributed by atoms with Gasteiger partial charge in [0.1, 0.15) is 0 Å². The highest BCUT2D eigenvalue weighted by molar-refractivity contribution is 9.10. The van der Waals surface area contributed by atoms with Crippen molar-refractivity contribution in [2.45, 2.75) is 12.8 Å². The highest BCUT2D eigenvalue weighted by Crippen LogP contribution is 2.32. The lowest BCUT2D eigenvalue weighted by Gasteiger charge is -2.19. The number of amides is 1. The number of ether oxygens (including phenoxy) is 2. The summed E-state index contributed by atoms with van der Waals surface area (Å²) >= 11 is 9.57. The van der Waals surface area contributed by atoms with Gasteiger partial charge in [-0.2, -0.15) is 0 Å². The van der Waals surface area contributed by atoms with Crippen LogP contribution in [0.3, 0.4) is 0 Å². The third-order valence-corrected chi connectivity index (χ3v) is 4.53. The van der Waals surface area contributed by atoms with Gasteiger partial charge in [0, 0.05) is 17.9 Å². The van der Waals surface area contributed by atoms with Crippen molar-refractivity contribution in [3.8, 4) is 11.5 Å². The summed E-state index contributed by atoms with van der Waals surface area (Å²) in [4.78, 5) is 14.1. The van der Waals surface area contributed by atoms with Crippen molar-refractivity contribution in [2.75, 3.05) is 26.2 Å². The molecule has 0 saturated heterocycles. The van der Waals surface area contributed by atoms with E-state index in [1.165, 1.54) is 0 Å². The van der Waals surface area contributed by atoms with Gasteiger partial charge in [0.2, 0.25) is 5.91 Å². The molecule has 0 atom stereocenters. The van der Waals surface area contributed by atoms with E-state index in [1.54, 1.807) is 32.2 Å². The van der Waals surface area contributed by atoms with Crippen LogP contribution in [0.25, 0.3) is 0 Å². The van der Waals surface area contributed by atoms with E-state index in [2.05, 4.69) is 15.9 Å². The van der Waals surface area contributed by atoms with Crippen molar-refractivity contribution < 1.29 is 14.3 Å². The number of para-hydroxylation sites is 1. The molecule has 0 heterocycles. The monoisotopic (exact) mass is 411 g/mol. The molecule has 1 amide bonds. The van der Waals surface area contributed by atoms with Crippen LogP contribution in [0.4, 0.5) is 5.69 Å². The molecule has 0 aliphatic rings. The molecule has 2 aromatic carbocycles. The molecule has 0 bridgehead atoms. The predicted molar refractivity (Wildman–Crippen MR) is 100 cm³/mol. The molecule has 24 heavy (non-hydrogen) atoms. The molecular weight excluding hydrogens is 394 g/mol. The van der Waals surface area contributed by atoms with E-state index in [0.29, 0.717) is 35.1 Å². The number of anilines is 1. The summed E-state index contributed by atoms with van der Waals surface area (Å²) in [6, 6.07) is 11.1. The maximum atomic E-state index is 12.5. The molecule has 4 nitrogen and oxygen atoms in total. The SMILES string of the molecule is COc1cccc(CCC(=O)N(C)c2ccc(Br)cc2Cl)c1OC. The lowest BCUT2D eigenvalue weighted by Crippen LogP contribution is -2.26. The summed E-state index contributed by atoms with van der Waals surface area (Å²) in [5.74, 6) is 1.30. The summed E-state index contributed by atoms with van der Waals surface area (Å²) in [6.45, 7) is 0. The van der Waals surface area contributed by atoms with Crippen LogP contribution in [0.1, 0.15) is 12.0 Å². The van der Waals surface area contributed by atoms with Crippen LogP contribution in [0.5, 0.6) is 11.5 Å². The number of carbonyl (C=O) groups is 1. The van der Waals surface area contributed by atoms with E-state index in [4.69, 9.17) is 21.1 Å². The molecule has 0 aromatic heterocycles. The second-order valence-corrected chi connectivity index (χ2v) is 6.52. The zero-order valence-corrected chi connectivity index (χ0v) is 16.1. The third kappa shape index (κ3) is 4.22. The Morgan fingerprint density at radius 2 is 1.96 bits per heavy atom. The van der Waals surface area contributed by atoms with Gasteiger partial charge < -0.3 is 14.4 Å². The maximum absolute atomic E-state index is 12.5. The standard InChI is InChI=1S/C18H19BrClNO3/c1-21(15-9-8-13(19)11-14(15)20)17(22)10-7-12-5-4-6-16(23-2)18(12)24-3/h4-6,8-9,11H,7,10H2,1-3H3. The quantitative estimate of drug-likeness (QED) is 0.689. The lowest BCUT2D eigenvalue weighted by molar-refractivity contribution is -0.118. The van der Waals surface area contributed by atoms with Crippen molar-refractivity contribution in [2.24, 2.45) is 0 Å². The van der Waals surface area contributed by atoms with Crippen LogP contribution in [0.2, 0.25) is 5.02 Å². The molecule has 6 heteroatoms. The Bertz CT molecular complexity index is 736. The van der Waals surface area contributed by atoms with Crippen LogP contribution in [-0.4, -0.2) is 27.2 Å². The van der Waals surface area contributed by atoms with Crippen LogP contribution in [-0.2, 0) is 11.2 Å². The normalized spacial score (nSPS) is 10.4. The van der Waals surface area contributed by atoms with Gasteiger partial charge >= 0.3 is 0 Å². The van der Waals surface area contributed by atoms with Crippen LogP contribution < -0.4 is 14.4 Å². The molecule has 0 spiro atoms.